The van der Waals surface area contributed by atoms with Crippen molar-refractivity contribution in [3.8, 4) is 46.3 Å². The fourth-order valence-electron chi connectivity index (χ4n) is 10.6. The van der Waals surface area contributed by atoms with Crippen molar-refractivity contribution in [1.82, 2.24) is 15.1 Å². The van der Waals surface area contributed by atoms with E-state index in [1.807, 2.05) is 20.0 Å². The van der Waals surface area contributed by atoms with E-state index in [2.05, 4.69) is 27.8 Å². The topological polar surface area (TPSA) is 197 Å². The van der Waals surface area contributed by atoms with Crippen LogP contribution in [-0.2, 0) is 37.4 Å². The summed E-state index contributed by atoms with van der Waals surface area (Å²) in [6.45, 7) is 12.3. The quantitative estimate of drug-likeness (QED) is 0.125. The SMILES string of the molecule is C=COC(=O)Oc1c(C)c2c(c3c1[C@H]1SC[C@]4(NCCc5cc(OC(=O)OC(C)(C)C)c(OC)cc54)C(=O)OC[C@@H]3N3C1[C@H]1c4c(cc(C)c(OC)c4O)C[C@@H]([C@@H]3C#N)N1C)OCO2. The molecule has 338 valence electrons. The molecule has 1 unspecified atom stereocenters. The zero-order valence-electron chi connectivity index (χ0n) is 36.8. The molecular formula is C46H50N4O13S. The van der Waals surface area contributed by atoms with Gasteiger partial charge in [0.1, 0.15) is 24.0 Å². The van der Waals surface area contributed by atoms with Crippen molar-refractivity contribution in [3.63, 3.8) is 0 Å². The Morgan fingerprint density at radius 1 is 1.02 bits per heavy atom. The van der Waals surface area contributed by atoms with Gasteiger partial charge in [-0.25, -0.2) is 14.4 Å². The molecule has 2 N–H and O–H groups in total. The summed E-state index contributed by atoms with van der Waals surface area (Å²) in [5.41, 5.74) is 2.86. The fraction of sp³-hybridized carbons (Fsp3) is 0.478. The normalized spacial score (nSPS) is 26.5. The number of ether oxygens (including phenoxy) is 9. The van der Waals surface area contributed by atoms with Crippen LogP contribution in [0.4, 0.5) is 9.59 Å². The first-order valence-corrected chi connectivity index (χ1v) is 22.0. The third kappa shape index (κ3) is 6.65. The van der Waals surface area contributed by atoms with E-state index < -0.39 is 58.8 Å². The van der Waals surface area contributed by atoms with Crippen molar-refractivity contribution in [2.75, 3.05) is 47.0 Å². The fourth-order valence-corrected chi connectivity index (χ4v) is 12.3. The molecule has 1 spiro atoms. The molecule has 0 radical (unpaired) electrons. The van der Waals surface area contributed by atoms with Gasteiger partial charge in [0.2, 0.25) is 6.79 Å². The first-order valence-electron chi connectivity index (χ1n) is 21.0. The van der Waals surface area contributed by atoms with Crippen LogP contribution in [0, 0.1) is 25.2 Å². The molecule has 18 heteroatoms. The summed E-state index contributed by atoms with van der Waals surface area (Å²) in [6, 6.07) is 4.85. The number of piperazine rings is 1. The number of carbonyl (C=O) groups excluding carboxylic acids is 3. The minimum Gasteiger partial charge on any atom is -0.504 e. The molecule has 17 nitrogen and oxygen atoms in total. The Morgan fingerprint density at radius 2 is 1.78 bits per heavy atom. The second kappa shape index (κ2) is 16.0. The summed E-state index contributed by atoms with van der Waals surface area (Å²) in [5, 5.41) is 26.2. The predicted molar refractivity (Wildman–Crippen MR) is 229 cm³/mol. The second-order valence-corrected chi connectivity index (χ2v) is 18.8. The van der Waals surface area contributed by atoms with E-state index >= 15 is 4.79 Å². The highest BCUT2D eigenvalue weighted by Gasteiger charge is 2.62. The number of nitriles is 1. The molecule has 0 saturated carbocycles. The molecular weight excluding hydrogens is 849 g/mol. The van der Waals surface area contributed by atoms with E-state index in [0.29, 0.717) is 70.0 Å². The highest BCUT2D eigenvalue weighted by molar-refractivity contribution is 7.99. The lowest BCUT2D eigenvalue weighted by Gasteiger charge is -2.62. The van der Waals surface area contributed by atoms with Gasteiger partial charge in [-0.15, -0.1) is 11.8 Å². The van der Waals surface area contributed by atoms with Crippen LogP contribution in [0.3, 0.4) is 0 Å². The third-order valence-corrected chi connectivity index (χ3v) is 14.6. The Kier molecular flexibility index (Phi) is 10.8. The Bertz CT molecular complexity index is 2540. The zero-order valence-corrected chi connectivity index (χ0v) is 37.6. The van der Waals surface area contributed by atoms with Gasteiger partial charge in [0, 0.05) is 46.6 Å². The Hall–Kier alpha value is -5.87. The molecule has 7 aliphatic rings. The number of fused-ring (bicyclic) bond motifs is 9. The molecule has 0 amide bonds. The second-order valence-electron chi connectivity index (χ2n) is 17.7. The number of likely N-dealkylation sites (N-methyl/N-ethyl adjacent to an activating group) is 1. The number of nitrogens with one attached hydrogen (secondary N) is 1. The van der Waals surface area contributed by atoms with Gasteiger partial charge in [-0.1, -0.05) is 12.6 Å². The van der Waals surface area contributed by atoms with Gasteiger partial charge in [0.15, 0.2) is 40.0 Å². The maximum absolute atomic E-state index is 15.1. The monoisotopic (exact) mass is 898 g/mol. The van der Waals surface area contributed by atoms with Crippen LogP contribution in [0.2, 0.25) is 0 Å². The lowest BCUT2D eigenvalue weighted by atomic mass is 9.71. The Morgan fingerprint density at radius 3 is 2.48 bits per heavy atom. The average Bonchev–Trinajstić information content (AvgIpc) is 3.73. The minimum absolute atomic E-state index is 0.00322. The van der Waals surface area contributed by atoms with Gasteiger partial charge in [-0.3, -0.25) is 15.1 Å². The van der Waals surface area contributed by atoms with Gasteiger partial charge in [-0.2, -0.15) is 5.26 Å². The first kappa shape index (κ1) is 43.4. The standard InChI is InChI=1S/C46H50N4O13S/c1-10-57-43(53)62-38-22(3)39-40(60-20-59-39)32-28-18-58-42(52)46(25-16-29(55-8)30(15-23(25)11-12-48-46)61-44(54)63-45(4,5)6)19-64-41(33(32)38)35-34-31-24(13-21(2)37(56-9)36(31)51)14-26(49(34)7)27(17-47)50(28)35/h10,13,15-16,26-28,34-35,41,48,51H,1,11-12,14,18-20H2,2-9H3/t26-,27-,28-,34+,35?,41+,46+/m0/s1. The molecule has 7 atom stereocenters. The van der Waals surface area contributed by atoms with Crippen LogP contribution in [0.1, 0.15) is 82.6 Å². The van der Waals surface area contributed by atoms with E-state index in [0.717, 1.165) is 17.4 Å². The molecule has 7 heterocycles. The van der Waals surface area contributed by atoms with Crippen LogP contribution in [0.15, 0.2) is 31.0 Å². The zero-order chi connectivity index (χ0) is 45.6. The number of nitrogens with zero attached hydrogens (tertiary/aromatic N) is 3. The van der Waals surface area contributed by atoms with E-state index in [1.165, 1.54) is 26.0 Å². The summed E-state index contributed by atoms with van der Waals surface area (Å²) in [5.74, 6) is 1.02. The summed E-state index contributed by atoms with van der Waals surface area (Å²) in [7, 11) is 4.91. The van der Waals surface area contributed by atoms with Crippen LogP contribution >= 0.6 is 11.8 Å². The Labute approximate surface area is 374 Å². The van der Waals surface area contributed by atoms with Crippen molar-refractivity contribution < 1.29 is 62.1 Å². The third-order valence-electron chi connectivity index (χ3n) is 13.1. The van der Waals surface area contributed by atoms with Gasteiger partial charge in [-0.05, 0) is 88.9 Å². The molecule has 2 fully saturated rings. The van der Waals surface area contributed by atoms with Crippen molar-refractivity contribution >= 4 is 30.0 Å². The maximum Gasteiger partial charge on any atom is 0.518 e. The molecule has 10 rings (SSSR count). The molecule has 7 aliphatic heterocycles. The van der Waals surface area contributed by atoms with E-state index in [1.54, 1.807) is 39.8 Å². The van der Waals surface area contributed by atoms with E-state index in [9.17, 15) is 20.0 Å². The summed E-state index contributed by atoms with van der Waals surface area (Å²) >= 11 is 1.41. The van der Waals surface area contributed by atoms with Crippen molar-refractivity contribution in [2.24, 2.45) is 0 Å². The first-order chi connectivity index (χ1) is 30.6. The smallest absolute Gasteiger partial charge is 0.504 e. The number of rotatable bonds is 5. The largest absolute Gasteiger partial charge is 0.518 e. The van der Waals surface area contributed by atoms with Crippen LogP contribution in [0.5, 0.6) is 40.2 Å². The van der Waals surface area contributed by atoms with Crippen molar-refractivity contribution in [2.45, 2.75) is 94.1 Å². The lowest BCUT2D eigenvalue weighted by Crippen LogP contribution is -2.69. The molecule has 64 heavy (non-hydrogen) atoms. The van der Waals surface area contributed by atoms with Crippen LogP contribution < -0.4 is 33.7 Å². The van der Waals surface area contributed by atoms with Crippen LogP contribution in [-0.4, -0.2) is 104 Å². The van der Waals surface area contributed by atoms with E-state index in [-0.39, 0.29) is 48.2 Å². The Balaban J connectivity index is 1.27. The highest BCUT2D eigenvalue weighted by Crippen LogP contribution is 2.64. The number of methoxy groups -OCH3 is 2. The van der Waals surface area contributed by atoms with Gasteiger partial charge in [0.05, 0.1) is 43.9 Å². The summed E-state index contributed by atoms with van der Waals surface area (Å²) in [4.78, 5) is 45.6. The molecule has 4 bridgehead atoms. The van der Waals surface area contributed by atoms with Gasteiger partial charge >= 0.3 is 18.3 Å². The maximum atomic E-state index is 15.1. The number of thioether (sulfide) groups is 1. The molecule has 0 aromatic heterocycles. The number of carbonyl (C=O) groups is 3. The number of hydrogen-bond donors (Lipinski definition) is 2. The number of aromatic hydroxyl groups is 1. The average molecular weight is 899 g/mol. The molecule has 0 aliphatic carbocycles. The molecule has 3 aromatic rings. The van der Waals surface area contributed by atoms with Crippen molar-refractivity contribution in [1.29, 1.82) is 5.26 Å². The number of benzene rings is 3. The molecule has 2 saturated heterocycles. The number of esters is 1. The summed E-state index contributed by atoms with van der Waals surface area (Å²) in [6.07, 6.45) is -0.0566. The van der Waals surface area contributed by atoms with Crippen LogP contribution in [0.25, 0.3) is 0 Å². The predicted octanol–water partition coefficient (Wildman–Crippen LogP) is 6.33. The van der Waals surface area contributed by atoms with Gasteiger partial charge in [0.25, 0.3) is 0 Å². The summed E-state index contributed by atoms with van der Waals surface area (Å²) < 4.78 is 52.7. The van der Waals surface area contributed by atoms with Gasteiger partial charge < -0.3 is 47.7 Å². The van der Waals surface area contributed by atoms with Crippen molar-refractivity contribution in [3.05, 3.63) is 75.5 Å². The number of aryl methyl sites for hydroxylation is 1. The number of hydrogen-bond acceptors (Lipinski definition) is 18. The molecule has 3 aromatic carbocycles. The van der Waals surface area contributed by atoms with E-state index in [4.69, 9.17) is 42.6 Å². The minimum atomic E-state index is -1.49. The highest BCUT2D eigenvalue weighted by atomic mass is 32.2. The lowest BCUT2D eigenvalue weighted by molar-refractivity contribution is -0.157. The number of phenolic OH excluding ortho intramolecular Hbond substituents is 1. The number of phenols is 1.